The number of aromatic nitrogens is 2. The zero-order valence-electron chi connectivity index (χ0n) is 21.3. The highest BCUT2D eigenvalue weighted by Gasteiger charge is 2.18. The number of carbonyl (C=O) groups is 1. The summed E-state index contributed by atoms with van der Waals surface area (Å²) in [4.78, 5) is 29.6. The molecule has 196 valence electrons. The van der Waals surface area contributed by atoms with Crippen LogP contribution in [0.3, 0.4) is 0 Å². The van der Waals surface area contributed by atoms with Gasteiger partial charge in [-0.25, -0.2) is 4.98 Å². The average molecular weight is 642 g/mol. The first-order chi connectivity index (χ1) is 18.1. The summed E-state index contributed by atoms with van der Waals surface area (Å²) >= 11 is 6.91. The van der Waals surface area contributed by atoms with Crippen LogP contribution in [0.15, 0.2) is 67.4 Å². The lowest BCUT2D eigenvalue weighted by atomic mass is 9.96. The molecule has 4 aromatic rings. The van der Waals surface area contributed by atoms with Gasteiger partial charge >= 0.3 is 0 Å². The zero-order valence-corrected chi connectivity index (χ0v) is 24.5. The molecule has 1 heterocycles. The van der Waals surface area contributed by atoms with Crippen LogP contribution in [0.5, 0.6) is 11.5 Å². The van der Waals surface area contributed by atoms with E-state index in [1.54, 1.807) is 37.6 Å². The minimum absolute atomic E-state index is 0.193. The third kappa shape index (κ3) is 5.66. The third-order valence-electron chi connectivity index (χ3n) is 5.90. The summed E-state index contributed by atoms with van der Waals surface area (Å²) in [5.74, 6) is 1.25. The van der Waals surface area contributed by atoms with Crippen molar-refractivity contribution >= 4 is 54.9 Å². The van der Waals surface area contributed by atoms with Crippen molar-refractivity contribution < 1.29 is 14.3 Å². The molecule has 8 nitrogen and oxygen atoms in total. The van der Waals surface area contributed by atoms with Gasteiger partial charge < -0.3 is 15.2 Å². The highest BCUT2D eigenvalue weighted by atomic mass is 79.9. The van der Waals surface area contributed by atoms with Crippen molar-refractivity contribution in [1.82, 2.24) is 9.66 Å². The molecule has 0 saturated carbocycles. The lowest BCUT2D eigenvalue weighted by Crippen LogP contribution is -2.21. The summed E-state index contributed by atoms with van der Waals surface area (Å²) in [6.07, 6.45) is 1.57. The highest BCUT2D eigenvalue weighted by molar-refractivity contribution is 9.11. The van der Waals surface area contributed by atoms with Gasteiger partial charge in [0.25, 0.3) is 11.5 Å². The number of amides is 1. The van der Waals surface area contributed by atoms with Crippen molar-refractivity contribution in [1.29, 1.82) is 0 Å². The molecule has 1 aromatic heterocycles. The van der Waals surface area contributed by atoms with E-state index in [0.29, 0.717) is 37.0 Å². The van der Waals surface area contributed by atoms with Gasteiger partial charge in [0.1, 0.15) is 11.5 Å². The Balaban J connectivity index is 1.89. The summed E-state index contributed by atoms with van der Waals surface area (Å²) in [6, 6.07) is 14.7. The Labute approximate surface area is 236 Å². The number of carbonyl (C=O) groups excluding carboxylic acids is 1. The van der Waals surface area contributed by atoms with Gasteiger partial charge in [0, 0.05) is 5.56 Å². The molecular formula is C28H26Br2N4O4. The monoisotopic (exact) mass is 640 g/mol. The number of primary amides is 1. The number of nitrogens with zero attached hydrogens (tertiary/aromatic N) is 3. The SMILES string of the molecule is COc1cc(C)c(-c2nc3ccccc3c(=O)n2N=Cc2cc(Br)c(OCC(N)=O)c(Br)c2)cc1C(C)C. The van der Waals surface area contributed by atoms with E-state index in [2.05, 4.69) is 50.8 Å². The maximum atomic E-state index is 13.6. The van der Waals surface area contributed by atoms with Crippen LogP contribution in [-0.2, 0) is 4.79 Å². The number of ether oxygens (including phenoxy) is 2. The van der Waals surface area contributed by atoms with Crippen LogP contribution < -0.4 is 20.8 Å². The molecule has 0 unspecified atom stereocenters. The van der Waals surface area contributed by atoms with E-state index in [-0.39, 0.29) is 18.1 Å². The maximum absolute atomic E-state index is 13.6. The molecule has 0 aliphatic carbocycles. The van der Waals surface area contributed by atoms with Crippen LogP contribution >= 0.6 is 31.9 Å². The maximum Gasteiger partial charge on any atom is 0.282 e. The first-order valence-corrected chi connectivity index (χ1v) is 13.3. The van der Waals surface area contributed by atoms with E-state index >= 15 is 0 Å². The normalized spacial score (nSPS) is 11.4. The Bertz CT molecular complexity index is 1610. The predicted molar refractivity (Wildman–Crippen MR) is 156 cm³/mol. The molecule has 1 amide bonds. The largest absolute Gasteiger partial charge is 0.496 e. The van der Waals surface area contributed by atoms with E-state index in [4.69, 9.17) is 20.2 Å². The predicted octanol–water partition coefficient (Wildman–Crippen LogP) is 5.78. The number of aryl methyl sites for hydroxylation is 1. The number of nitrogens with two attached hydrogens (primary N) is 1. The van der Waals surface area contributed by atoms with Crippen LogP contribution in [0.4, 0.5) is 0 Å². The van der Waals surface area contributed by atoms with Crippen molar-refractivity contribution in [2.45, 2.75) is 26.7 Å². The minimum Gasteiger partial charge on any atom is -0.496 e. The van der Waals surface area contributed by atoms with Crippen LogP contribution in [-0.4, -0.2) is 35.5 Å². The van der Waals surface area contributed by atoms with Gasteiger partial charge in [-0.2, -0.15) is 9.78 Å². The Morgan fingerprint density at radius 1 is 1.16 bits per heavy atom. The Kier molecular flexibility index (Phi) is 8.32. The lowest BCUT2D eigenvalue weighted by Gasteiger charge is -2.17. The Morgan fingerprint density at radius 2 is 1.84 bits per heavy atom. The van der Waals surface area contributed by atoms with E-state index < -0.39 is 5.91 Å². The highest BCUT2D eigenvalue weighted by Crippen LogP contribution is 2.35. The smallest absolute Gasteiger partial charge is 0.282 e. The van der Waals surface area contributed by atoms with Crippen molar-refractivity contribution in [2.75, 3.05) is 13.7 Å². The molecule has 4 rings (SSSR count). The van der Waals surface area contributed by atoms with Gasteiger partial charge in [-0.3, -0.25) is 9.59 Å². The quantitative estimate of drug-likeness (QED) is 0.246. The fraction of sp³-hybridized carbons (Fsp3) is 0.214. The molecule has 2 N–H and O–H groups in total. The summed E-state index contributed by atoms with van der Waals surface area (Å²) in [6.45, 7) is 5.87. The second kappa shape index (κ2) is 11.5. The lowest BCUT2D eigenvalue weighted by molar-refractivity contribution is -0.119. The molecule has 0 spiro atoms. The molecule has 0 atom stereocenters. The third-order valence-corrected chi connectivity index (χ3v) is 7.07. The number of methoxy groups -OCH3 is 1. The van der Waals surface area contributed by atoms with Gasteiger partial charge in [-0.15, -0.1) is 0 Å². The standard InChI is InChI=1S/C28H26Br2N4O4/c1-15(2)19-12-20(16(3)9-24(19)37-4)27-33-23-8-6-5-7-18(23)28(36)34(27)32-13-17-10-21(29)26(22(30)11-17)38-14-25(31)35/h5-13,15H,14H2,1-4H3,(H2,31,35). The summed E-state index contributed by atoms with van der Waals surface area (Å²) in [5.41, 5.74) is 8.85. The fourth-order valence-corrected chi connectivity index (χ4v) is 5.48. The van der Waals surface area contributed by atoms with E-state index in [1.807, 2.05) is 31.2 Å². The van der Waals surface area contributed by atoms with Crippen molar-refractivity contribution in [3.05, 3.63) is 84.5 Å². The van der Waals surface area contributed by atoms with Crippen molar-refractivity contribution in [2.24, 2.45) is 10.8 Å². The molecule has 0 bridgehead atoms. The van der Waals surface area contributed by atoms with E-state index in [9.17, 15) is 9.59 Å². The molecule has 10 heteroatoms. The molecule has 0 aliphatic heterocycles. The van der Waals surface area contributed by atoms with Crippen LogP contribution in [0.2, 0.25) is 0 Å². The first kappa shape index (κ1) is 27.5. The Morgan fingerprint density at radius 3 is 2.47 bits per heavy atom. The second-order valence-electron chi connectivity index (χ2n) is 8.95. The van der Waals surface area contributed by atoms with Crippen molar-refractivity contribution in [3.8, 4) is 22.9 Å². The van der Waals surface area contributed by atoms with Crippen molar-refractivity contribution in [3.63, 3.8) is 0 Å². The number of rotatable bonds is 8. The molecule has 0 aliphatic rings. The van der Waals surface area contributed by atoms with Gasteiger partial charge in [0.2, 0.25) is 0 Å². The van der Waals surface area contributed by atoms with E-state index in [0.717, 1.165) is 22.4 Å². The van der Waals surface area contributed by atoms with Crippen LogP contribution in [0, 0.1) is 6.92 Å². The second-order valence-corrected chi connectivity index (χ2v) is 10.7. The number of halogens is 2. The van der Waals surface area contributed by atoms with E-state index in [1.165, 1.54) is 4.68 Å². The topological polar surface area (TPSA) is 109 Å². The molecule has 3 aromatic carbocycles. The summed E-state index contributed by atoms with van der Waals surface area (Å²) in [7, 11) is 1.65. The first-order valence-electron chi connectivity index (χ1n) is 11.8. The fourth-order valence-electron chi connectivity index (χ4n) is 4.03. The van der Waals surface area contributed by atoms with Gasteiger partial charge in [-0.05, 0) is 97.8 Å². The van der Waals surface area contributed by atoms with Crippen LogP contribution in [0.25, 0.3) is 22.3 Å². The van der Waals surface area contributed by atoms with Crippen LogP contribution in [0.1, 0.15) is 36.5 Å². The average Bonchev–Trinajstić information content (AvgIpc) is 2.87. The summed E-state index contributed by atoms with van der Waals surface area (Å²) in [5, 5.41) is 5.04. The summed E-state index contributed by atoms with van der Waals surface area (Å²) < 4.78 is 13.6. The molecular weight excluding hydrogens is 616 g/mol. The molecule has 0 fully saturated rings. The Hall–Kier alpha value is -3.50. The molecule has 38 heavy (non-hydrogen) atoms. The number of para-hydroxylation sites is 1. The number of hydrogen-bond acceptors (Lipinski definition) is 6. The number of fused-ring (bicyclic) bond motifs is 1. The molecule has 0 saturated heterocycles. The zero-order chi connectivity index (χ0) is 27.6. The van der Waals surface area contributed by atoms with Gasteiger partial charge in [0.05, 0.1) is 33.2 Å². The number of benzene rings is 3. The van der Waals surface area contributed by atoms with Gasteiger partial charge in [-0.1, -0.05) is 26.0 Å². The van der Waals surface area contributed by atoms with Gasteiger partial charge in [0.15, 0.2) is 12.4 Å². The molecule has 0 radical (unpaired) electrons. The minimum atomic E-state index is -0.584. The number of hydrogen-bond donors (Lipinski definition) is 1.